The van der Waals surface area contributed by atoms with Crippen LogP contribution in [-0.4, -0.2) is 17.8 Å². The van der Waals surface area contributed by atoms with E-state index in [-0.39, 0.29) is 22.2 Å². The van der Waals surface area contributed by atoms with Crippen LogP contribution in [0.2, 0.25) is 0 Å². The predicted molar refractivity (Wildman–Crippen MR) is 87.1 cm³/mol. The minimum atomic E-state index is -1.43. The highest BCUT2D eigenvalue weighted by Crippen LogP contribution is 2.33. The van der Waals surface area contributed by atoms with Crippen LogP contribution < -0.4 is 10.0 Å². The van der Waals surface area contributed by atoms with Gasteiger partial charge in [-0.2, -0.15) is 0 Å². The van der Waals surface area contributed by atoms with Crippen LogP contribution in [0.15, 0.2) is 42.5 Å². The van der Waals surface area contributed by atoms with Crippen LogP contribution in [0.1, 0.15) is 57.4 Å². The van der Waals surface area contributed by atoms with E-state index in [2.05, 4.69) is 0 Å². The van der Waals surface area contributed by atoms with E-state index in [1.165, 1.54) is 18.2 Å². The molecule has 2 aromatic rings. The number of fused-ring (bicyclic) bond motifs is 1. The third-order valence-electron chi connectivity index (χ3n) is 4.12. The maximum absolute atomic E-state index is 12.8. The van der Waals surface area contributed by atoms with Crippen LogP contribution >= 0.6 is 0 Å². The third-order valence-corrected chi connectivity index (χ3v) is 4.12. The molecule has 0 radical (unpaired) electrons. The smallest absolute Gasteiger partial charge is 0.266 e. The van der Waals surface area contributed by atoms with Crippen molar-refractivity contribution in [2.45, 2.75) is 26.2 Å². The predicted octanol–water partition coefficient (Wildman–Crippen LogP) is 2.15. The number of carbonyl (C=O) groups is 3. The van der Waals surface area contributed by atoms with Gasteiger partial charge in [0.15, 0.2) is 0 Å². The van der Waals surface area contributed by atoms with Gasteiger partial charge in [-0.25, -0.2) is 4.90 Å². The van der Waals surface area contributed by atoms with Gasteiger partial charge in [0.05, 0.1) is 22.8 Å². The molecule has 2 aromatic carbocycles. The van der Waals surface area contributed by atoms with E-state index in [4.69, 9.17) is 0 Å². The molecule has 0 saturated heterocycles. The molecule has 0 saturated carbocycles. The zero-order chi connectivity index (χ0) is 17.6. The van der Waals surface area contributed by atoms with Crippen LogP contribution in [0.3, 0.4) is 0 Å². The molecule has 5 heteroatoms. The van der Waals surface area contributed by atoms with Crippen LogP contribution in [-0.2, 0) is 5.41 Å². The standard InChI is InChI=1S/C19H17NO4/c1-19(2,3)11-8-9-12-14(10-11)17(22)20(16(12)21)15-7-5-4-6-13(15)18(23)24/h4-10H,1-3H3,(H,23,24)/p-1. The average Bonchev–Trinajstić information content (AvgIpc) is 2.77. The van der Waals surface area contributed by atoms with Crippen molar-refractivity contribution in [1.82, 2.24) is 0 Å². The fraction of sp³-hybridized carbons (Fsp3) is 0.211. The molecule has 0 fully saturated rings. The SMILES string of the molecule is CC(C)(C)c1ccc2c(c1)C(=O)N(c1ccccc1C(=O)[O-])C2=O. The first-order valence-corrected chi connectivity index (χ1v) is 7.55. The summed E-state index contributed by atoms with van der Waals surface area (Å²) < 4.78 is 0. The van der Waals surface area contributed by atoms with E-state index in [1.807, 2.05) is 26.8 Å². The van der Waals surface area contributed by atoms with Gasteiger partial charge in [0.2, 0.25) is 0 Å². The maximum atomic E-state index is 12.8. The molecule has 0 unspecified atom stereocenters. The number of carboxylic acid groups (broad SMARTS) is 1. The molecule has 0 aliphatic carbocycles. The Morgan fingerprint density at radius 2 is 1.58 bits per heavy atom. The number of para-hydroxylation sites is 1. The summed E-state index contributed by atoms with van der Waals surface area (Å²) in [6.45, 7) is 6.04. The number of hydrogen-bond donors (Lipinski definition) is 0. The van der Waals surface area contributed by atoms with Crippen molar-refractivity contribution in [2.24, 2.45) is 0 Å². The Bertz CT molecular complexity index is 877. The molecule has 5 nitrogen and oxygen atoms in total. The molecule has 0 bridgehead atoms. The average molecular weight is 322 g/mol. The number of carbonyl (C=O) groups excluding carboxylic acids is 3. The Kier molecular flexibility index (Phi) is 3.52. The number of amides is 2. The molecule has 1 aliphatic rings. The van der Waals surface area contributed by atoms with Crippen molar-refractivity contribution in [3.8, 4) is 0 Å². The second-order valence-corrected chi connectivity index (χ2v) is 6.76. The Labute approximate surface area is 139 Å². The summed E-state index contributed by atoms with van der Waals surface area (Å²) in [6.07, 6.45) is 0. The van der Waals surface area contributed by atoms with E-state index < -0.39 is 17.8 Å². The summed E-state index contributed by atoms with van der Waals surface area (Å²) in [7, 11) is 0. The Hall–Kier alpha value is -2.95. The van der Waals surface area contributed by atoms with E-state index >= 15 is 0 Å². The monoisotopic (exact) mass is 322 g/mol. The van der Waals surface area contributed by atoms with E-state index in [9.17, 15) is 19.5 Å². The van der Waals surface area contributed by atoms with Crippen molar-refractivity contribution in [3.05, 3.63) is 64.7 Å². The van der Waals surface area contributed by atoms with Crippen molar-refractivity contribution in [3.63, 3.8) is 0 Å². The Balaban J connectivity index is 2.13. The lowest BCUT2D eigenvalue weighted by Gasteiger charge is -2.19. The van der Waals surface area contributed by atoms with Crippen LogP contribution in [0.4, 0.5) is 5.69 Å². The normalized spacial score (nSPS) is 14.0. The summed E-state index contributed by atoms with van der Waals surface area (Å²) in [5, 5.41) is 11.3. The first-order valence-electron chi connectivity index (χ1n) is 7.55. The van der Waals surface area contributed by atoms with Gasteiger partial charge < -0.3 is 9.90 Å². The number of benzene rings is 2. The quantitative estimate of drug-likeness (QED) is 0.794. The summed E-state index contributed by atoms with van der Waals surface area (Å²) in [5.41, 5.74) is 1.16. The van der Waals surface area contributed by atoms with Crippen LogP contribution in [0, 0.1) is 0 Å². The molecule has 122 valence electrons. The van der Waals surface area contributed by atoms with Crippen molar-refractivity contribution >= 4 is 23.5 Å². The van der Waals surface area contributed by atoms with Crippen LogP contribution in [0.5, 0.6) is 0 Å². The number of hydrogen-bond acceptors (Lipinski definition) is 4. The topological polar surface area (TPSA) is 77.5 Å². The van der Waals surface area contributed by atoms with Gasteiger partial charge in [0, 0.05) is 5.56 Å². The minimum absolute atomic E-state index is 0.0287. The molecule has 0 atom stereocenters. The highest BCUT2D eigenvalue weighted by molar-refractivity contribution is 6.35. The van der Waals surface area contributed by atoms with Crippen molar-refractivity contribution < 1.29 is 19.5 Å². The van der Waals surface area contributed by atoms with Gasteiger partial charge >= 0.3 is 0 Å². The van der Waals surface area contributed by atoms with Gasteiger partial charge in [0.1, 0.15) is 0 Å². The highest BCUT2D eigenvalue weighted by atomic mass is 16.4. The fourth-order valence-electron chi connectivity index (χ4n) is 2.77. The lowest BCUT2D eigenvalue weighted by atomic mass is 9.85. The second-order valence-electron chi connectivity index (χ2n) is 6.76. The van der Waals surface area contributed by atoms with Gasteiger partial charge in [-0.1, -0.05) is 45.0 Å². The molecule has 24 heavy (non-hydrogen) atoms. The second kappa shape index (κ2) is 5.30. The Morgan fingerprint density at radius 3 is 2.21 bits per heavy atom. The van der Waals surface area contributed by atoms with E-state index in [0.717, 1.165) is 10.5 Å². The Morgan fingerprint density at radius 1 is 0.958 bits per heavy atom. The van der Waals surface area contributed by atoms with Crippen molar-refractivity contribution in [2.75, 3.05) is 4.90 Å². The third kappa shape index (κ3) is 2.38. The molecule has 0 spiro atoms. The number of imide groups is 1. The van der Waals surface area contributed by atoms with Gasteiger partial charge in [-0.15, -0.1) is 0 Å². The minimum Gasteiger partial charge on any atom is -0.545 e. The molecule has 3 rings (SSSR count). The molecule has 0 N–H and O–H groups in total. The van der Waals surface area contributed by atoms with Gasteiger partial charge in [-0.3, -0.25) is 9.59 Å². The number of nitrogens with zero attached hydrogens (tertiary/aromatic N) is 1. The molecule has 2 amide bonds. The number of aromatic carboxylic acids is 1. The highest BCUT2D eigenvalue weighted by Gasteiger charge is 2.38. The summed E-state index contributed by atoms with van der Waals surface area (Å²) in [6, 6.07) is 11.0. The summed E-state index contributed by atoms with van der Waals surface area (Å²) >= 11 is 0. The van der Waals surface area contributed by atoms with Gasteiger partial charge in [0.25, 0.3) is 11.8 Å². The van der Waals surface area contributed by atoms with Crippen LogP contribution in [0.25, 0.3) is 0 Å². The lowest BCUT2D eigenvalue weighted by Crippen LogP contribution is -2.33. The fourth-order valence-corrected chi connectivity index (χ4v) is 2.77. The molecular weight excluding hydrogens is 306 g/mol. The number of carboxylic acids is 1. The van der Waals surface area contributed by atoms with E-state index in [0.29, 0.717) is 5.56 Å². The van der Waals surface area contributed by atoms with E-state index in [1.54, 1.807) is 18.2 Å². The maximum Gasteiger partial charge on any atom is 0.266 e. The lowest BCUT2D eigenvalue weighted by molar-refractivity contribution is -0.254. The molecular formula is C19H16NO4-. The number of anilines is 1. The van der Waals surface area contributed by atoms with Crippen molar-refractivity contribution in [1.29, 1.82) is 0 Å². The summed E-state index contributed by atoms with van der Waals surface area (Å²) in [4.78, 5) is 37.6. The molecule has 1 heterocycles. The molecule has 0 aromatic heterocycles. The largest absolute Gasteiger partial charge is 0.545 e. The summed E-state index contributed by atoms with van der Waals surface area (Å²) in [5.74, 6) is -2.48. The zero-order valence-corrected chi connectivity index (χ0v) is 13.6. The first kappa shape index (κ1) is 15.9. The number of rotatable bonds is 2. The first-order chi connectivity index (χ1) is 11.2. The molecule has 1 aliphatic heterocycles. The van der Waals surface area contributed by atoms with Gasteiger partial charge in [-0.05, 0) is 29.2 Å². The zero-order valence-electron chi connectivity index (χ0n) is 13.6.